The summed E-state index contributed by atoms with van der Waals surface area (Å²) in [4.78, 5) is 11.5. The number of nitrogens with one attached hydrogen (secondary N) is 2. The molecule has 3 N–H and O–H groups in total. The average Bonchev–Trinajstić information content (AvgIpc) is 2.18. The highest BCUT2D eigenvalue weighted by atomic mass is 16.3. The first-order chi connectivity index (χ1) is 6.61. The molecule has 1 unspecified atom stereocenters. The molecule has 2 atom stereocenters. The Morgan fingerprint density at radius 2 is 2.29 bits per heavy atom. The molecule has 82 valence electrons. The van der Waals surface area contributed by atoms with Crippen molar-refractivity contribution >= 4 is 5.91 Å². The van der Waals surface area contributed by atoms with Gasteiger partial charge >= 0.3 is 0 Å². The molecule has 0 bridgehead atoms. The maximum absolute atomic E-state index is 11.5. The van der Waals surface area contributed by atoms with Gasteiger partial charge in [-0.25, -0.2) is 0 Å². The van der Waals surface area contributed by atoms with Crippen molar-refractivity contribution in [2.75, 3.05) is 13.1 Å². The van der Waals surface area contributed by atoms with Gasteiger partial charge in [-0.2, -0.15) is 0 Å². The van der Waals surface area contributed by atoms with Gasteiger partial charge in [0.2, 0.25) is 5.91 Å². The van der Waals surface area contributed by atoms with E-state index in [9.17, 15) is 9.90 Å². The van der Waals surface area contributed by atoms with E-state index in [1.54, 1.807) is 0 Å². The van der Waals surface area contributed by atoms with E-state index in [0.717, 1.165) is 25.9 Å². The number of hydrogen-bond acceptors (Lipinski definition) is 3. The quantitative estimate of drug-likeness (QED) is 0.595. The molecular weight excluding hydrogens is 180 g/mol. The number of piperidine rings is 1. The molecule has 1 rings (SSSR count). The smallest absolute Gasteiger partial charge is 0.249 e. The lowest BCUT2D eigenvalue weighted by atomic mass is 10.0. The minimum absolute atomic E-state index is 0.0217. The third-order valence-electron chi connectivity index (χ3n) is 2.54. The van der Waals surface area contributed by atoms with Crippen molar-refractivity contribution in [1.29, 1.82) is 0 Å². The first-order valence-corrected chi connectivity index (χ1v) is 5.30. The second-order valence-corrected chi connectivity index (χ2v) is 4.24. The highest BCUT2D eigenvalue weighted by Crippen LogP contribution is 2.05. The van der Waals surface area contributed by atoms with Crippen molar-refractivity contribution < 1.29 is 9.90 Å². The average molecular weight is 200 g/mol. The molecule has 1 fully saturated rings. The summed E-state index contributed by atoms with van der Waals surface area (Å²) in [6.07, 6.45) is 1.21. The summed E-state index contributed by atoms with van der Waals surface area (Å²) in [5.74, 6) is -0.264. The normalized spacial score (nSPS) is 24.7. The summed E-state index contributed by atoms with van der Waals surface area (Å²) in [5.41, 5.74) is 0. The Labute approximate surface area is 85.1 Å². The molecule has 1 amide bonds. The van der Waals surface area contributed by atoms with Crippen molar-refractivity contribution in [2.24, 2.45) is 5.92 Å². The molecule has 4 nitrogen and oxygen atoms in total. The van der Waals surface area contributed by atoms with Crippen LogP contribution >= 0.6 is 0 Å². The number of carbonyl (C=O) groups excluding carboxylic acids is 1. The third kappa shape index (κ3) is 3.27. The van der Waals surface area contributed by atoms with Gasteiger partial charge < -0.3 is 15.7 Å². The number of rotatable bonds is 3. The van der Waals surface area contributed by atoms with E-state index in [-0.39, 0.29) is 17.9 Å². The Kier molecular flexibility index (Phi) is 4.35. The summed E-state index contributed by atoms with van der Waals surface area (Å²) in [7, 11) is 0. The van der Waals surface area contributed by atoms with E-state index in [4.69, 9.17) is 0 Å². The van der Waals surface area contributed by atoms with Crippen LogP contribution in [0.25, 0.3) is 0 Å². The summed E-state index contributed by atoms with van der Waals surface area (Å²) >= 11 is 0. The van der Waals surface area contributed by atoms with E-state index in [2.05, 4.69) is 10.6 Å². The Hall–Kier alpha value is -0.610. The van der Waals surface area contributed by atoms with Crippen LogP contribution < -0.4 is 10.6 Å². The van der Waals surface area contributed by atoms with E-state index in [1.807, 2.05) is 13.8 Å². The zero-order valence-electron chi connectivity index (χ0n) is 8.92. The predicted molar refractivity (Wildman–Crippen MR) is 54.9 cm³/mol. The molecule has 1 aliphatic heterocycles. The molecule has 1 saturated heterocycles. The van der Waals surface area contributed by atoms with E-state index < -0.39 is 6.10 Å². The van der Waals surface area contributed by atoms with Crippen molar-refractivity contribution in [1.82, 2.24) is 10.6 Å². The minimum atomic E-state index is -0.878. The molecule has 0 spiro atoms. The van der Waals surface area contributed by atoms with Crippen LogP contribution in [0, 0.1) is 5.92 Å². The van der Waals surface area contributed by atoms with Crippen LogP contribution in [0.4, 0.5) is 0 Å². The molecule has 0 saturated carbocycles. The molecule has 0 aromatic carbocycles. The fraction of sp³-hybridized carbons (Fsp3) is 0.900. The van der Waals surface area contributed by atoms with Crippen molar-refractivity contribution in [3.63, 3.8) is 0 Å². The van der Waals surface area contributed by atoms with E-state index in [1.165, 1.54) is 0 Å². The van der Waals surface area contributed by atoms with Crippen LogP contribution in [0.3, 0.4) is 0 Å². The number of aliphatic hydroxyl groups is 1. The molecular formula is C10H20N2O2. The monoisotopic (exact) mass is 200 g/mol. The molecule has 14 heavy (non-hydrogen) atoms. The zero-order valence-corrected chi connectivity index (χ0v) is 8.92. The van der Waals surface area contributed by atoms with Gasteiger partial charge in [-0.05, 0) is 25.3 Å². The second kappa shape index (κ2) is 5.32. The molecule has 1 heterocycles. The predicted octanol–water partition coefficient (Wildman–Crippen LogP) is -0.128. The minimum Gasteiger partial charge on any atom is -0.383 e. The number of carbonyl (C=O) groups is 1. The Balaban J connectivity index is 2.31. The molecule has 0 aromatic rings. The zero-order chi connectivity index (χ0) is 10.6. The summed E-state index contributed by atoms with van der Waals surface area (Å²) < 4.78 is 0. The molecule has 0 aliphatic carbocycles. The van der Waals surface area contributed by atoms with Gasteiger partial charge in [0.05, 0.1) is 0 Å². The SMILES string of the molecule is CC(C)C(O)C(=O)N[C@H]1CCCNC1. The Morgan fingerprint density at radius 1 is 1.57 bits per heavy atom. The van der Waals surface area contributed by atoms with Crippen LogP contribution in [0.5, 0.6) is 0 Å². The lowest BCUT2D eigenvalue weighted by molar-refractivity contribution is -0.132. The standard InChI is InChI=1S/C10H20N2O2/c1-7(2)9(13)10(14)12-8-4-3-5-11-6-8/h7-9,11,13H,3-6H2,1-2H3,(H,12,14)/t8-,9?/m0/s1. The molecule has 1 aliphatic rings. The van der Waals surface area contributed by atoms with Crippen LogP contribution in [-0.2, 0) is 4.79 Å². The van der Waals surface area contributed by atoms with Crippen LogP contribution in [0.15, 0.2) is 0 Å². The number of hydrogen-bond donors (Lipinski definition) is 3. The van der Waals surface area contributed by atoms with Gasteiger partial charge in [0.1, 0.15) is 6.10 Å². The third-order valence-corrected chi connectivity index (χ3v) is 2.54. The first-order valence-electron chi connectivity index (χ1n) is 5.30. The lowest BCUT2D eigenvalue weighted by Gasteiger charge is -2.25. The van der Waals surface area contributed by atoms with Crippen molar-refractivity contribution in [2.45, 2.75) is 38.8 Å². The van der Waals surface area contributed by atoms with Crippen molar-refractivity contribution in [3.05, 3.63) is 0 Å². The maximum atomic E-state index is 11.5. The highest BCUT2D eigenvalue weighted by Gasteiger charge is 2.22. The number of amides is 1. The maximum Gasteiger partial charge on any atom is 0.249 e. The lowest BCUT2D eigenvalue weighted by Crippen LogP contribution is -2.49. The van der Waals surface area contributed by atoms with Crippen LogP contribution in [0.2, 0.25) is 0 Å². The topological polar surface area (TPSA) is 61.4 Å². The Morgan fingerprint density at radius 3 is 2.79 bits per heavy atom. The van der Waals surface area contributed by atoms with E-state index >= 15 is 0 Å². The second-order valence-electron chi connectivity index (χ2n) is 4.24. The molecule has 0 radical (unpaired) electrons. The Bertz CT molecular complexity index is 189. The van der Waals surface area contributed by atoms with Gasteiger partial charge in [-0.3, -0.25) is 4.79 Å². The van der Waals surface area contributed by atoms with Gasteiger partial charge in [-0.1, -0.05) is 13.8 Å². The van der Waals surface area contributed by atoms with Gasteiger partial charge in [0, 0.05) is 12.6 Å². The highest BCUT2D eigenvalue weighted by molar-refractivity contribution is 5.81. The van der Waals surface area contributed by atoms with Crippen LogP contribution in [0.1, 0.15) is 26.7 Å². The summed E-state index contributed by atoms with van der Waals surface area (Å²) in [6.45, 7) is 5.52. The molecule has 0 aromatic heterocycles. The fourth-order valence-corrected chi connectivity index (χ4v) is 1.56. The first kappa shape index (κ1) is 11.5. The van der Waals surface area contributed by atoms with Crippen LogP contribution in [-0.4, -0.2) is 36.2 Å². The largest absolute Gasteiger partial charge is 0.383 e. The summed E-state index contributed by atoms with van der Waals surface area (Å²) in [5, 5.41) is 15.6. The number of aliphatic hydroxyl groups excluding tert-OH is 1. The summed E-state index contributed by atoms with van der Waals surface area (Å²) in [6, 6.07) is 0.185. The fourth-order valence-electron chi connectivity index (χ4n) is 1.56. The van der Waals surface area contributed by atoms with Gasteiger partial charge in [0.25, 0.3) is 0 Å². The van der Waals surface area contributed by atoms with E-state index in [0.29, 0.717) is 0 Å². The van der Waals surface area contributed by atoms with Crippen molar-refractivity contribution in [3.8, 4) is 0 Å². The van der Waals surface area contributed by atoms with Gasteiger partial charge in [0.15, 0.2) is 0 Å². The van der Waals surface area contributed by atoms with Gasteiger partial charge in [-0.15, -0.1) is 0 Å². The molecule has 4 heteroatoms.